The summed E-state index contributed by atoms with van der Waals surface area (Å²) in [5, 5.41) is 10.4. The van der Waals surface area contributed by atoms with E-state index in [1.54, 1.807) is 22.4 Å². The van der Waals surface area contributed by atoms with Crippen molar-refractivity contribution in [3.05, 3.63) is 36.4 Å². The molecule has 7 heteroatoms. The maximum absolute atomic E-state index is 12.0. The van der Waals surface area contributed by atoms with Crippen LogP contribution in [0.3, 0.4) is 0 Å². The number of hydrogen-bond donors (Lipinski definition) is 1. The Hall–Kier alpha value is -1.60. The number of amides is 1. The minimum Gasteiger partial charge on any atom is -0.481 e. The highest BCUT2D eigenvalue weighted by Gasteiger charge is 2.13. The second-order valence-corrected chi connectivity index (χ2v) is 5.92. The Morgan fingerprint density at radius 2 is 2.05 bits per heavy atom. The minimum absolute atomic E-state index is 0.0233. The molecule has 0 aliphatic rings. The van der Waals surface area contributed by atoms with E-state index < -0.39 is 5.97 Å². The molecule has 0 atom stereocenters. The molecule has 108 valence electrons. The molecule has 0 saturated carbocycles. The maximum Gasteiger partial charge on any atom is 0.309 e. The molecular formula is C13H16N2O3S2. The first-order valence-corrected chi connectivity index (χ1v) is 7.72. The first kappa shape index (κ1) is 16.5. The number of thioether (sulfide) groups is 1. The highest BCUT2D eigenvalue weighted by molar-refractivity contribution is 8.01. The molecule has 0 aromatic carbocycles. The van der Waals surface area contributed by atoms with Gasteiger partial charge in [-0.25, -0.2) is 4.98 Å². The Bertz CT molecular complexity index is 490. The highest BCUT2D eigenvalue weighted by Crippen LogP contribution is 2.23. The second-order valence-electron chi connectivity index (χ2n) is 3.84. The van der Waals surface area contributed by atoms with Crippen LogP contribution in [0.5, 0.6) is 0 Å². The SMILES string of the molecule is C=CCN(CC=C)C(=O)CSc1nc(CC(=O)O)cs1. The monoisotopic (exact) mass is 312 g/mol. The lowest BCUT2D eigenvalue weighted by Crippen LogP contribution is -2.32. The summed E-state index contributed by atoms with van der Waals surface area (Å²) >= 11 is 2.66. The van der Waals surface area contributed by atoms with Gasteiger partial charge in [-0.2, -0.15) is 0 Å². The molecule has 1 heterocycles. The van der Waals surface area contributed by atoms with Crippen LogP contribution in [-0.4, -0.2) is 45.7 Å². The summed E-state index contributed by atoms with van der Waals surface area (Å²) in [5.41, 5.74) is 0.520. The fraction of sp³-hybridized carbons (Fsp3) is 0.308. The van der Waals surface area contributed by atoms with Crippen molar-refractivity contribution in [2.24, 2.45) is 0 Å². The molecule has 0 unspecified atom stereocenters. The maximum atomic E-state index is 12.0. The molecule has 1 rings (SSSR count). The van der Waals surface area contributed by atoms with Gasteiger partial charge in [-0.3, -0.25) is 9.59 Å². The van der Waals surface area contributed by atoms with E-state index in [4.69, 9.17) is 5.11 Å². The number of carbonyl (C=O) groups excluding carboxylic acids is 1. The molecule has 20 heavy (non-hydrogen) atoms. The van der Waals surface area contributed by atoms with E-state index in [0.717, 1.165) is 0 Å². The molecule has 1 amide bonds. The lowest BCUT2D eigenvalue weighted by Gasteiger charge is -2.18. The van der Waals surface area contributed by atoms with E-state index in [1.807, 2.05) is 0 Å². The zero-order valence-corrected chi connectivity index (χ0v) is 12.6. The van der Waals surface area contributed by atoms with Crippen LogP contribution in [0.25, 0.3) is 0 Å². The van der Waals surface area contributed by atoms with Crippen LogP contribution < -0.4 is 0 Å². The summed E-state index contributed by atoms with van der Waals surface area (Å²) in [5.74, 6) is -0.669. The Morgan fingerprint density at radius 3 is 2.60 bits per heavy atom. The van der Waals surface area contributed by atoms with Gasteiger partial charge in [-0.15, -0.1) is 24.5 Å². The molecule has 0 aliphatic heterocycles. The largest absolute Gasteiger partial charge is 0.481 e. The molecule has 0 saturated heterocycles. The lowest BCUT2D eigenvalue weighted by molar-refractivity contribution is -0.136. The lowest BCUT2D eigenvalue weighted by atomic mass is 10.3. The second kappa shape index (κ2) is 8.55. The third-order valence-electron chi connectivity index (χ3n) is 2.23. The van der Waals surface area contributed by atoms with Crippen molar-refractivity contribution in [1.29, 1.82) is 0 Å². The van der Waals surface area contributed by atoms with E-state index in [1.165, 1.54) is 23.1 Å². The van der Waals surface area contributed by atoms with Gasteiger partial charge in [0.1, 0.15) is 0 Å². The molecule has 0 fully saturated rings. The van der Waals surface area contributed by atoms with Crippen LogP contribution >= 0.6 is 23.1 Å². The van der Waals surface area contributed by atoms with Gasteiger partial charge in [0.15, 0.2) is 4.34 Å². The summed E-state index contributed by atoms with van der Waals surface area (Å²) in [6, 6.07) is 0. The highest BCUT2D eigenvalue weighted by atomic mass is 32.2. The molecule has 0 spiro atoms. The summed E-state index contributed by atoms with van der Waals surface area (Å²) in [6.45, 7) is 8.19. The summed E-state index contributed by atoms with van der Waals surface area (Å²) in [4.78, 5) is 28.3. The van der Waals surface area contributed by atoms with Crippen LogP contribution in [0, 0.1) is 0 Å². The molecule has 0 bridgehead atoms. The van der Waals surface area contributed by atoms with Gasteiger partial charge in [0.25, 0.3) is 0 Å². The van der Waals surface area contributed by atoms with Crippen LogP contribution in [0.1, 0.15) is 5.69 Å². The smallest absolute Gasteiger partial charge is 0.309 e. The molecule has 1 N–H and O–H groups in total. The van der Waals surface area contributed by atoms with E-state index in [0.29, 0.717) is 23.1 Å². The van der Waals surface area contributed by atoms with E-state index in [2.05, 4.69) is 18.1 Å². The number of carboxylic acid groups (broad SMARTS) is 1. The van der Waals surface area contributed by atoms with Gasteiger partial charge in [-0.05, 0) is 0 Å². The van der Waals surface area contributed by atoms with Crippen molar-refractivity contribution in [2.45, 2.75) is 10.8 Å². The number of thiazole rings is 1. The van der Waals surface area contributed by atoms with Gasteiger partial charge in [-0.1, -0.05) is 23.9 Å². The summed E-state index contributed by atoms with van der Waals surface area (Å²) in [6.07, 6.45) is 3.24. The van der Waals surface area contributed by atoms with Crippen molar-refractivity contribution < 1.29 is 14.7 Å². The quantitative estimate of drug-likeness (QED) is 0.558. The van der Waals surface area contributed by atoms with Gasteiger partial charge < -0.3 is 10.0 Å². The van der Waals surface area contributed by atoms with Gasteiger partial charge >= 0.3 is 5.97 Å². The molecule has 0 aliphatic carbocycles. The third-order valence-corrected chi connectivity index (χ3v) is 4.29. The Labute approximate surface area is 126 Å². The number of aliphatic carboxylic acids is 1. The van der Waals surface area contributed by atoms with Crippen molar-refractivity contribution in [3.63, 3.8) is 0 Å². The molecular weight excluding hydrogens is 296 g/mol. The van der Waals surface area contributed by atoms with Crippen LogP contribution in [0.15, 0.2) is 35.0 Å². The van der Waals surface area contributed by atoms with E-state index >= 15 is 0 Å². The topological polar surface area (TPSA) is 70.5 Å². The van der Waals surface area contributed by atoms with Crippen molar-refractivity contribution >= 4 is 35.0 Å². The van der Waals surface area contributed by atoms with Crippen molar-refractivity contribution in [1.82, 2.24) is 9.88 Å². The number of hydrogen-bond acceptors (Lipinski definition) is 5. The number of carbonyl (C=O) groups is 2. The average Bonchev–Trinajstić information content (AvgIpc) is 2.82. The third kappa shape index (κ3) is 5.58. The molecule has 1 aromatic rings. The zero-order chi connectivity index (χ0) is 15.0. The zero-order valence-electron chi connectivity index (χ0n) is 10.9. The molecule has 5 nitrogen and oxygen atoms in total. The van der Waals surface area contributed by atoms with Gasteiger partial charge in [0, 0.05) is 18.5 Å². The van der Waals surface area contributed by atoms with Crippen LogP contribution in [0.4, 0.5) is 0 Å². The molecule has 0 radical (unpaired) electrons. The fourth-order valence-electron chi connectivity index (χ4n) is 1.40. The number of nitrogens with zero attached hydrogens (tertiary/aromatic N) is 2. The van der Waals surface area contributed by atoms with E-state index in [-0.39, 0.29) is 18.1 Å². The summed E-state index contributed by atoms with van der Waals surface area (Å²) in [7, 11) is 0. The fourth-order valence-corrected chi connectivity index (χ4v) is 3.14. The number of aromatic nitrogens is 1. The first-order valence-electron chi connectivity index (χ1n) is 5.85. The average molecular weight is 312 g/mol. The van der Waals surface area contributed by atoms with Crippen LogP contribution in [-0.2, 0) is 16.0 Å². The summed E-state index contributed by atoms with van der Waals surface area (Å²) < 4.78 is 0.701. The van der Waals surface area contributed by atoms with E-state index in [9.17, 15) is 9.59 Å². The normalized spacial score (nSPS) is 10.0. The minimum atomic E-state index is -0.911. The van der Waals surface area contributed by atoms with Crippen LogP contribution in [0.2, 0.25) is 0 Å². The standard InChI is InChI=1S/C13H16N2O3S2/c1-3-5-15(6-4-2)11(16)9-20-13-14-10(8-19-13)7-12(17)18/h3-4,8H,1-2,5-7,9H2,(H,17,18). The molecule has 1 aromatic heterocycles. The number of rotatable bonds is 9. The predicted molar refractivity (Wildman–Crippen MR) is 81.2 cm³/mol. The van der Waals surface area contributed by atoms with Crippen molar-refractivity contribution in [2.75, 3.05) is 18.8 Å². The Kier molecular flexibility index (Phi) is 7.03. The Balaban J connectivity index is 2.50. The first-order chi connectivity index (χ1) is 9.56. The Morgan fingerprint density at radius 1 is 1.40 bits per heavy atom. The van der Waals surface area contributed by atoms with Gasteiger partial charge in [0.05, 0.1) is 17.9 Å². The van der Waals surface area contributed by atoms with Gasteiger partial charge in [0.2, 0.25) is 5.91 Å². The predicted octanol–water partition coefficient (Wildman–Crippen LogP) is 2.06. The van der Waals surface area contributed by atoms with Crippen molar-refractivity contribution in [3.8, 4) is 0 Å². The number of carboxylic acids is 1.